The molecule has 7 heterocycles. The number of halogens is 8. The molecule has 23 rings (SSSR count). The fourth-order valence-corrected chi connectivity index (χ4v) is 19.1. The van der Waals surface area contributed by atoms with Crippen LogP contribution < -0.4 is 78.4 Å². The van der Waals surface area contributed by atoms with Crippen LogP contribution in [0.1, 0.15) is 0 Å². The Labute approximate surface area is 644 Å². The van der Waals surface area contributed by atoms with E-state index < -0.39 is 66.7 Å². The summed E-state index contributed by atoms with van der Waals surface area (Å²) in [6, 6.07) is 94.1. The van der Waals surface area contributed by atoms with Crippen LogP contribution in [0.15, 0.2) is 315 Å². The van der Waals surface area contributed by atoms with Crippen molar-refractivity contribution in [2.45, 2.75) is 0 Å². The molecule has 0 atom stereocenters. The van der Waals surface area contributed by atoms with E-state index in [0.29, 0.717) is 95.8 Å². The summed E-state index contributed by atoms with van der Waals surface area (Å²) >= 11 is 0. The molecule has 16 aromatic carbocycles. The van der Waals surface area contributed by atoms with E-state index in [4.69, 9.17) is 4.74 Å². The molecule has 0 amide bonds. The van der Waals surface area contributed by atoms with Crippen LogP contribution in [0.4, 0.5) is 120 Å². The zero-order chi connectivity index (χ0) is 75.5. The molecule has 0 fully saturated rings. The summed E-state index contributed by atoms with van der Waals surface area (Å²) in [5.41, 5.74) is 21.6. The summed E-state index contributed by atoms with van der Waals surface area (Å²) in [6.07, 6.45) is 0. The van der Waals surface area contributed by atoms with Gasteiger partial charge < -0.3 is 29.2 Å². The van der Waals surface area contributed by atoms with Crippen LogP contribution in [0.3, 0.4) is 0 Å². The molecule has 6 nitrogen and oxygen atoms in total. The van der Waals surface area contributed by atoms with Crippen molar-refractivity contribution in [2.75, 3.05) is 24.5 Å². The van der Waals surface area contributed by atoms with Crippen molar-refractivity contribution in [1.82, 2.24) is 0 Å². The maximum absolute atomic E-state index is 17.1. The van der Waals surface area contributed by atoms with Crippen LogP contribution in [0.2, 0.25) is 0 Å². The molecule has 7 aliphatic rings. The number of hydrogen-bond acceptors (Lipinski definition) is 6. The quantitative estimate of drug-likeness (QED) is 0.106. The van der Waals surface area contributed by atoms with E-state index in [2.05, 4.69) is 59.5 Å². The number of hydrogen-bond donors (Lipinski definition) is 0. The lowest BCUT2D eigenvalue weighted by molar-refractivity contribution is 0.478. The van der Waals surface area contributed by atoms with E-state index in [1.165, 1.54) is 48.5 Å². The average Bonchev–Trinajstić information content (AvgIpc) is 0.655. The second-order valence-corrected chi connectivity index (χ2v) is 29.8. The van der Waals surface area contributed by atoms with Gasteiger partial charge in [-0.1, -0.05) is 194 Å². The van der Waals surface area contributed by atoms with E-state index >= 15 is 35.1 Å². The van der Waals surface area contributed by atoms with Crippen molar-refractivity contribution in [3.05, 3.63) is 362 Å². The van der Waals surface area contributed by atoms with Gasteiger partial charge in [0.25, 0.3) is 20.1 Å². The Balaban J connectivity index is 0.893. The normalized spacial score (nSPS) is 13.6. The monoisotopic (exact) mass is 1480 g/mol. The molecule has 17 heteroatoms. The summed E-state index contributed by atoms with van der Waals surface area (Å²) in [6.45, 7) is -2.30. The van der Waals surface area contributed by atoms with E-state index in [-0.39, 0.29) is 22.7 Å². The highest BCUT2D eigenvalue weighted by Gasteiger charge is 2.56. The topological polar surface area (TPSA) is 25.4 Å². The molecule has 113 heavy (non-hydrogen) atoms. The van der Waals surface area contributed by atoms with Crippen molar-refractivity contribution in [3.63, 3.8) is 0 Å². The molecule has 7 aliphatic heterocycles. The van der Waals surface area contributed by atoms with Crippen molar-refractivity contribution in [1.29, 1.82) is 0 Å². The predicted molar refractivity (Wildman–Crippen MR) is 441 cm³/mol. The maximum Gasteiger partial charge on any atom is 0.252 e. The third-order valence-corrected chi connectivity index (χ3v) is 23.4. The number of rotatable bonds is 9. The van der Waals surface area contributed by atoms with Crippen molar-refractivity contribution >= 4 is 155 Å². The van der Waals surface area contributed by atoms with E-state index in [1.54, 1.807) is 0 Å². The number of fused-ring (bicyclic) bond motifs is 10. The van der Waals surface area contributed by atoms with E-state index in [9.17, 15) is 0 Å². The zero-order valence-electron chi connectivity index (χ0n) is 59.4. The molecule has 532 valence electrons. The van der Waals surface area contributed by atoms with Crippen LogP contribution in [0.25, 0.3) is 55.6 Å². The Morgan fingerprint density at radius 3 is 0.805 bits per heavy atom. The van der Waals surface area contributed by atoms with Gasteiger partial charge in [0.05, 0.1) is 34.1 Å². The minimum Gasteiger partial charge on any atom is -0.453 e. The molecule has 16 aromatic rings. The third kappa shape index (κ3) is 9.76. The molecule has 0 aromatic heterocycles. The van der Waals surface area contributed by atoms with Crippen LogP contribution >= 0.6 is 0 Å². The number of nitrogens with zero attached hydrogens (tertiary/aromatic N) is 5. The molecule has 0 saturated heterocycles. The number of anilines is 15. The molecule has 0 unspecified atom stereocenters. The predicted octanol–water partition coefficient (Wildman–Crippen LogP) is 20.0. The van der Waals surface area contributed by atoms with Crippen LogP contribution in [-0.2, 0) is 0 Å². The van der Waals surface area contributed by atoms with E-state index in [1.807, 2.05) is 208 Å². The molecular weight excluding hydrogens is 1420 g/mol. The summed E-state index contributed by atoms with van der Waals surface area (Å²) in [7, 11) is 0. The van der Waals surface area contributed by atoms with Gasteiger partial charge in [0.15, 0.2) is 11.5 Å². The first-order valence-corrected chi connectivity index (χ1v) is 37.3. The first kappa shape index (κ1) is 64.9. The van der Waals surface area contributed by atoms with Gasteiger partial charge in [0.1, 0.15) is 46.5 Å². The highest BCUT2D eigenvalue weighted by molar-refractivity contribution is 7.06. The highest BCUT2D eigenvalue weighted by atomic mass is 19.2. The average molecular weight is 1480 g/mol. The fourth-order valence-electron chi connectivity index (χ4n) is 19.1. The molecule has 0 bridgehead atoms. The van der Waals surface area contributed by atoms with Gasteiger partial charge in [0.2, 0.25) is 0 Å². The van der Waals surface area contributed by atoms with Crippen molar-refractivity contribution in [2.24, 2.45) is 0 Å². The summed E-state index contributed by atoms with van der Waals surface area (Å²) in [5.74, 6) is -5.75. The van der Waals surface area contributed by atoms with E-state index in [0.717, 1.165) is 107 Å². The lowest BCUT2D eigenvalue weighted by Crippen LogP contribution is -2.69. The number of ether oxygens (including phenoxy) is 1. The summed E-state index contributed by atoms with van der Waals surface area (Å²) in [5, 5.41) is 0. The van der Waals surface area contributed by atoms with Crippen molar-refractivity contribution in [3.8, 4) is 67.1 Å². The first-order chi connectivity index (χ1) is 55.3. The SMILES string of the molecule is Fc1cc(F)cc(N2c3ccc(-c4ccccc4)cc3B3c4cc5c(cc4N(c4cc(F)cc(F)c4)c4cc(-c6ccccc6)cc2c43)N(c2cc(F)cc(F)c2)c2cc3c4c6c2B5c2cc(-c5ccccc5)cc5c2N6c2c(cc(-c6ccccc6)cc2B4c2cc(-c4ccccc4)ccc2N3c2cc(F)cc(F)c2)O5)c1. The standard InChI is InChI=1S/C96H52B3F8N5O/c100-63-38-64(101)43-71(42-63)108-81-28-26-58(53-16-6-1-7-17-53)30-75(81)97-77-50-78-84(51-83(77)110(73-46-67(104)40-68(105)47-73)86-35-62(34-85(108)91(86)97)57-24-14-5-15-25-57)111(74-48-69(106)41-70(107)49-74)88-52-87-92-96-93(88)99(78)80-33-61(56-22-12-4-13-23-56)37-90-95(80)112(96)94-79(32-60(36-89(94)113-90)55-20-10-3-11-21-55)98(92)76-31-59(54-18-8-2-9-19-54)27-29-82(76)109(87)72-44-65(102)39-66(103)45-72/h1-52H. The molecule has 0 saturated carbocycles. The van der Waals surface area contributed by atoms with Crippen LogP contribution in [0.5, 0.6) is 11.5 Å². The first-order valence-electron chi connectivity index (χ1n) is 37.3. The Bertz CT molecular complexity index is 6760. The van der Waals surface area contributed by atoms with Crippen molar-refractivity contribution < 1.29 is 39.9 Å². The van der Waals surface area contributed by atoms with Crippen LogP contribution in [-0.4, -0.2) is 20.1 Å². The zero-order valence-corrected chi connectivity index (χ0v) is 59.4. The Hall–Kier alpha value is -14.0. The molecular formula is C96H52B3F8N5O. The maximum atomic E-state index is 17.1. The summed E-state index contributed by atoms with van der Waals surface area (Å²) < 4.78 is 142. The van der Waals surface area contributed by atoms with Gasteiger partial charge in [0, 0.05) is 75.5 Å². The highest BCUT2D eigenvalue weighted by Crippen LogP contribution is 2.59. The Morgan fingerprint density at radius 1 is 0.186 bits per heavy atom. The van der Waals surface area contributed by atoms with Gasteiger partial charge >= 0.3 is 0 Å². The van der Waals surface area contributed by atoms with Gasteiger partial charge in [-0.25, -0.2) is 35.1 Å². The lowest BCUT2D eigenvalue weighted by Gasteiger charge is -2.53. The molecule has 0 radical (unpaired) electrons. The van der Waals surface area contributed by atoms with Gasteiger partial charge in [-0.15, -0.1) is 0 Å². The molecule has 0 spiro atoms. The van der Waals surface area contributed by atoms with Gasteiger partial charge in [-0.05, 0) is 202 Å². The minimum atomic E-state index is -0.888. The number of benzene rings is 16. The molecule has 0 aliphatic carbocycles. The van der Waals surface area contributed by atoms with Gasteiger partial charge in [-0.2, -0.15) is 0 Å². The minimum absolute atomic E-state index is 0.0618. The largest absolute Gasteiger partial charge is 0.453 e. The second-order valence-electron chi connectivity index (χ2n) is 29.8. The summed E-state index contributed by atoms with van der Waals surface area (Å²) in [4.78, 5) is 9.72. The van der Waals surface area contributed by atoms with Crippen LogP contribution in [0, 0.1) is 46.5 Å². The van der Waals surface area contributed by atoms with Gasteiger partial charge in [-0.3, -0.25) is 0 Å². The third-order valence-electron chi connectivity index (χ3n) is 23.4. The fraction of sp³-hybridized carbons (Fsp3) is 0. The molecule has 0 N–H and O–H groups in total. The second kappa shape index (κ2) is 24.2. The Morgan fingerprint density at radius 2 is 0.460 bits per heavy atom. The lowest BCUT2D eigenvalue weighted by atomic mass is 9.27. The Kier molecular flexibility index (Phi) is 13.9. The smallest absolute Gasteiger partial charge is 0.252 e.